The van der Waals surface area contributed by atoms with E-state index in [1.807, 2.05) is 13.8 Å². The van der Waals surface area contributed by atoms with Crippen LogP contribution in [-0.2, 0) is 0 Å². The summed E-state index contributed by atoms with van der Waals surface area (Å²) >= 11 is 0. The van der Waals surface area contributed by atoms with Crippen LogP contribution >= 0.6 is 18.5 Å². The third kappa shape index (κ3) is 2.77. The first-order chi connectivity index (χ1) is 3.55. The first-order valence-corrected chi connectivity index (χ1v) is 3.68. The average molecular weight is 149 g/mol. The molecule has 0 aliphatic heterocycles. The van der Waals surface area contributed by atoms with Crippen molar-refractivity contribution in [1.82, 2.24) is 0 Å². The van der Waals surface area contributed by atoms with Gasteiger partial charge in [-0.05, 0) is 19.2 Å². The van der Waals surface area contributed by atoms with Gasteiger partial charge in [0, 0.05) is 6.04 Å². The summed E-state index contributed by atoms with van der Waals surface area (Å²) in [4.78, 5) is 0. The van der Waals surface area contributed by atoms with E-state index in [9.17, 15) is 0 Å². The fourth-order valence-electron chi connectivity index (χ4n) is 0.359. The topological polar surface area (TPSA) is 26.0 Å². The minimum absolute atomic E-state index is 0.164. The van der Waals surface area contributed by atoms with Gasteiger partial charge in [-0.15, -0.1) is 18.5 Å². The number of allylic oxidation sites excluding steroid dienone is 1. The molecule has 0 spiro atoms. The summed E-state index contributed by atoms with van der Waals surface area (Å²) in [5, 5.41) is 2.39. The molecule has 0 aliphatic rings. The fourth-order valence-corrected chi connectivity index (χ4v) is 0.622. The largest absolute Gasteiger partial charge is 0.324 e. The van der Waals surface area contributed by atoms with Gasteiger partial charge in [0.25, 0.3) is 0 Å². The molecule has 48 valence electrons. The van der Waals surface area contributed by atoms with Crippen LogP contribution in [0.1, 0.15) is 13.8 Å². The van der Waals surface area contributed by atoms with Gasteiger partial charge in [0.05, 0.1) is 0 Å². The maximum atomic E-state index is 5.54. The van der Waals surface area contributed by atoms with Gasteiger partial charge in [-0.1, -0.05) is 5.31 Å². The van der Waals surface area contributed by atoms with Gasteiger partial charge >= 0.3 is 0 Å². The summed E-state index contributed by atoms with van der Waals surface area (Å²) in [5.41, 5.74) is 5.54. The normalized spacial score (nSPS) is 17.6. The Morgan fingerprint density at radius 1 is 1.50 bits per heavy atom. The predicted octanol–water partition coefficient (Wildman–Crippen LogP) is 1.32. The van der Waals surface area contributed by atoms with Gasteiger partial charge in [0.15, 0.2) is 0 Å². The van der Waals surface area contributed by atoms with Crippen LogP contribution in [0, 0.1) is 0 Å². The molecule has 1 nitrogen and oxygen atoms in total. The lowest BCUT2D eigenvalue weighted by Gasteiger charge is -2.05. The van der Waals surface area contributed by atoms with Crippen molar-refractivity contribution in [2.24, 2.45) is 5.73 Å². The Labute approximate surface area is 55.5 Å². The van der Waals surface area contributed by atoms with Crippen molar-refractivity contribution < 1.29 is 0 Å². The maximum absolute atomic E-state index is 5.54. The predicted molar refractivity (Wildman–Crippen MR) is 45.8 cm³/mol. The van der Waals surface area contributed by atoms with E-state index in [1.54, 1.807) is 0 Å². The van der Waals surface area contributed by atoms with Crippen molar-refractivity contribution in [2.75, 3.05) is 0 Å². The third-order valence-corrected chi connectivity index (χ3v) is 2.59. The summed E-state index contributed by atoms with van der Waals surface area (Å²) < 4.78 is 0. The number of rotatable bonds is 1. The number of nitrogens with two attached hydrogens (primary N) is 1. The van der Waals surface area contributed by atoms with E-state index in [2.05, 4.69) is 18.5 Å². The zero-order valence-corrected chi connectivity index (χ0v) is 7.62. The quantitative estimate of drug-likeness (QED) is 0.559. The van der Waals surface area contributed by atoms with E-state index in [0.717, 1.165) is 0 Å². The van der Waals surface area contributed by atoms with Crippen molar-refractivity contribution in [3.8, 4) is 0 Å². The molecular weight excluding hydrogens is 136 g/mol. The highest BCUT2D eigenvalue weighted by Crippen LogP contribution is 2.19. The highest BCUT2D eigenvalue weighted by Gasteiger charge is 1.96. The molecule has 0 heterocycles. The smallest absolute Gasteiger partial charge is 0.0268 e. The molecule has 0 rings (SSSR count). The Morgan fingerprint density at radius 3 is 1.88 bits per heavy atom. The first-order valence-electron chi connectivity index (χ1n) is 2.53. The second-order valence-electron chi connectivity index (χ2n) is 1.93. The molecular formula is C5H13NP2. The Balaban J connectivity index is 4.00. The van der Waals surface area contributed by atoms with Crippen LogP contribution < -0.4 is 5.73 Å². The summed E-state index contributed by atoms with van der Waals surface area (Å²) in [6.45, 7) is 3.99. The highest BCUT2D eigenvalue weighted by atomic mass is 31.0. The molecule has 0 fully saturated rings. The monoisotopic (exact) mass is 149 g/mol. The van der Waals surface area contributed by atoms with Gasteiger partial charge in [0.2, 0.25) is 0 Å². The van der Waals surface area contributed by atoms with E-state index in [1.165, 1.54) is 10.6 Å². The maximum Gasteiger partial charge on any atom is 0.0268 e. The minimum Gasteiger partial charge on any atom is -0.324 e. The fraction of sp³-hybridized carbons (Fsp3) is 0.600. The molecule has 3 heteroatoms. The van der Waals surface area contributed by atoms with Crippen molar-refractivity contribution in [3.05, 3.63) is 10.6 Å². The second-order valence-corrected chi connectivity index (χ2v) is 3.42. The summed E-state index contributed by atoms with van der Waals surface area (Å²) in [6, 6.07) is 0.164. The zero-order valence-electron chi connectivity index (χ0n) is 5.31. The molecule has 0 aromatic heterocycles. The van der Waals surface area contributed by atoms with E-state index in [0.29, 0.717) is 0 Å². The van der Waals surface area contributed by atoms with Crippen molar-refractivity contribution >= 4 is 18.5 Å². The van der Waals surface area contributed by atoms with Crippen LogP contribution in [0.15, 0.2) is 10.6 Å². The third-order valence-electron chi connectivity index (χ3n) is 0.946. The molecule has 0 saturated heterocycles. The van der Waals surface area contributed by atoms with Crippen LogP contribution in [0.4, 0.5) is 0 Å². The molecule has 8 heavy (non-hydrogen) atoms. The SMILES string of the molecule is C/C(P)=C(/P)C(C)N. The number of hydrogen-bond acceptors (Lipinski definition) is 1. The van der Waals surface area contributed by atoms with Crippen LogP contribution in [0.25, 0.3) is 0 Å². The van der Waals surface area contributed by atoms with Crippen molar-refractivity contribution in [2.45, 2.75) is 19.9 Å². The second kappa shape index (κ2) is 3.56. The molecule has 2 N–H and O–H groups in total. The lowest BCUT2D eigenvalue weighted by atomic mass is 10.3. The molecule has 0 amide bonds. The number of hydrogen-bond donors (Lipinski definition) is 1. The Bertz CT molecular complexity index is 103. The van der Waals surface area contributed by atoms with E-state index >= 15 is 0 Å². The van der Waals surface area contributed by atoms with Gasteiger partial charge in [-0.25, -0.2) is 0 Å². The standard InChI is InChI=1S/C5H13NP2/c1-3(6)5(8)4(2)7/h3H,6-8H2,1-2H3/b5-4-. The van der Waals surface area contributed by atoms with Gasteiger partial charge in [-0.3, -0.25) is 0 Å². The molecule has 0 aromatic rings. The summed E-state index contributed by atoms with van der Waals surface area (Å²) in [7, 11) is 5.24. The molecule has 3 unspecified atom stereocenters. The van der Waals surface area contributed by atoms with Crippen LogP contribution in [0.5, 0.6) is 0 Å². The summed E-state index contributed by atoms with van der Waals surface area (Å²) in [6.07, 6.45) is 0. The molecule has 0 aliphatic carbocycles. The Kier molecular flexibility index (Phi) is 3.81. The van der Waals surface area contributed by atoms with Crippen LogP contribution in [-0.4, -0.2) is 6.04 Å². The Hall–Kier alpha value is 0.560. The van der Waals surface area contributed by atoms with E-state index in [-0.39, 0.29) is 6.04 Å². The Morgan fingerprint density at radius 2 is 1.88 bits per heavy atom. The van der Waals surface area contributed by atoms with Crippen LogP contribution in [0.2, 0.25) is 0 Å². The van der Waals surface area contributed by atoms with Crippen molar-refractivity contribution in [1.29, 1.82) is 0 Å². The lowest BCUT2D eigenvalue weighted by Crippen LogP contribution is -2.14. The van der Waals surface area contributed by atoms with Crippen LogP contribution in [0.3, 0.4) is 0 Å². The van der Waals surface area contributed by atoms with Crippen molar-refractivity contribution in [3.63, 3.8) is 0 Å². The minimum atomic E-state index is 0.164. The first kappa shape index (κ1) is 8.56. The average Bonchev–Trinajstić information content (AvgIpc) is 1.64. The molecule has 0 saturated carbocycles. The molecule has 0 aromatic carbocycles. The van der Waals surface area contributed by atoms with Gasteiger partial charge < -0.3 is 5.73 Å². The molecule has 3 atom stereocenters. The van der Waals surface area contributed by atoms with Gasteiger partial charge in [0.1, 0.15) is 0 Å². The summed E-state index contributed by atoms with van der Waals surface area (Å²) in [5.74, 6) is 0. The molecule has 0 bridgehead atoms. The highest BCUT2D eigenvalue weighted by molar-refractivity contribution is 7.28. The van der Waals surface area contributed by atoms with E-state index < -0.39 is 0 Å². The van der Waals surface area contributed by atoms with Gasteiger partial charge in [-0.2, -0.15) is 0 Å². The van der Waals surface area contributed by atoms with E-state index in [4.69, 9.17) is 5.73 Å². The lowest BCUT2D eigenvalue weighted by molar-refractivity contribution is 0.907. The molecule has 0 radical (unpaired) electrons. The zero-order chi connectivity index (χ0) is 6.73.